The van der Waals surface area contributed by atoms with Crippen molar-refractivity contribution in [1.29, 1.82) is 0 Å². The molecule has 4 amide bonds. The van der Waals surface area contributed by atoms with Gasteiger partial charge in [0.15, 0.2) is 0 Å². The lowest BCUT2D eigenvalue weighted by atomic mass is 10.1. The van der Waals surface area contributed by atoms with Gasteiger partial charge in [-0.2, -0.15) is 0 Å². The van der Waals surface area contributed by atoms with Gasteiger partial charge in [0.1, 0.15) is 12.1 Å². The highest BCUT2D eigenvalue weighted by Crippen LogP contribution is 2.27. The van der Waals surface area contributed by atoms with Crippen molar-refractivity contribution in [3.8, 4) is 0 Å². The van der Waals surface area contributed by atoms with Crippen LogP contribution in [0.1, 0.15) is 48.0 Å². The summed E-state index contributed by atoms with van der Waals surface area (Å²) in [5.74, 6) is -1.04. The van der Waals surface area contributed by atoms with Crippen LogP contribution in [-0.2, 0) is 19.1 Å². The van der Waals surface area contributed by atoms with Crippen LogP contribution in [0.2, 0.25) is 0 Å². The molecule has 1 unspecified atom stereocenters. The molecular weight excluding hydrogens is 400 g/mol. The fraction of sp³-hybridized carbons (Fsp3) is 0.545. The maximum atomic E-state index is 12.5. The Morgan fingerprint density at radius 2 is 1.55 bits per heavy atom. The monoisotopic (exact) mass is 432 g/mol. The number of carbonyl (C=O) groups excluding carboxylic acids is 4. The smallest absolute Gasteiger partial charge is 0.408 e. The van der Waals surface area contributed by atoms with E-state index in [0.29, 0.717) is 17.9 Å². The van der Waals surface area contributed by atoms with Crippen molar-refractivity contribution in [2.45, 2.75) is 59.1 Å². The van der Waals surface area contributed by atoms with Crippen molar-refractivity contribution in [3.63, 3.8) is 0 Å². The molecule has 1 saturated heterocycles. The van der Waals surface area contributed by atoms with Crippen molar-refractivity contribution in [3.05, 3.63) is 24.3 Å². The summed E-state index contributed by atoms with van der Waals surface area (Å²) >= 11 is 0. The van der Waals surface area contributed by atoms with Gasteiger partial charge in [0, 0.05) is 29.9 Å². The molecule has 3 N–H and O–H groups in total. The third-order valence-corrected chi connectivity index (χ3v) is 4.53. The van der Waals surface area contributed by atoms with Crippen molar-refractivity contribution < 1.29 is 23.9 Å². The second-order valence-electron chi connectivity index (χ2n) is 9.55. The molecule has 31 heavy (non-hydrogen) atoms. The molecule has 1 atom stereocenters. The average molecular weight is 433 g/mol. The van der Waals surface area contributed by atoms with E-state index in [2.05, 4.69) is 16.0 Å². The minimum absolute atomic E-state index is 0.0225. The largest absolute Gasteiger partial charge is 0.444 e. The lowest BCUT2D eigenvalue weighted by Gasteiger charge is -2.31. The van der Waals surface area contributed by atoms with E-state index in [1.54, 1.807) is 49.9 Å². The van der Waals surface area contributed by atoms with Gasteiger partial charge in [-0.1, -0.05) is 0 Å². The summed E-state index contributed by atoms with van der Waals surface area (Å²) in [6, 6.07) is 6.60. The highest BCUT2D eigenvalue weighted by atomic mass is 16.6. The van der Waals surface area contributed by atoms with Gasteiger partial charge >= 0.3 is 6.09 Å². The van der Waals surface area contributed by atoms with Crippen LogP contribution in [0.5, 0.6) is 0 Å². The van der Waals surface area contributed by atoms with Crippen LogP contribution in [0.15, 0.2) is 24.3 Å². The molecule has 0 spiro atoms. The van der Waals surface area contributed by atoms with Crippen LogP contribution in [0.3, 0.4) is 0 Å². The quantitative estimate of drug-likeness (QED) is 0.661. The second kappa shape index (κ2) is 9.36. The highest BCUT2D eigenvalue weighted by Gasteiger charge is 2.39. The molecule has 2 rings (SSSR count). The number of rotatable bonds is 5. The molecule has 9 nitrogen and oxygen atoms in total. The van der Waals surface area contributed by atoms with Crippen LogP contribution in [0.4, 0.5) is 16.2 Å². The molecule has 0 aliphatic carbocycles. The van der Waals surface area contributed by atoms with Crippen molar-refractivity contribution >= 4 is 35.2 Å². The van der Waals surface area contributed by atoms with Gasteiger partial charge in [0.05, 0.1) is 5.92 Å². The number of alkyl carbamates (subject to hydrolysis) is 1. The first-order chi connectivity index (χ1) is 14.2. The Balaban J connectivity index is 1.83. The Morgan fingerprint density at radius 3 is 2.03 bits per heavy atom. The zero-order valence-electron chi connectivity index (χ0n) is 19.0. The van der Waals surface area contributed by atoms with E-state index in [1.165, 1.54) is 0 Å². The maximum absolute atomic E-state index is 12.5. The summed E-state index contributed by atoms with van der Waals surface area (Å²) < 4.78 is 5.07. The van der Waals surface area contributed by atoms with E-state index in [-0.39, 0.29) is 30.3 Å². The molecule has 9 heteroatoms. The molecule has 1 aliphatic heterocycles. The van der Waals surface area contributed by atoms with Crippen molar-refractivity contribution in [2.75, 3.05) is 23.7 Å². The number of nitrogens with zero attached hydrogens (tertiary/aromatic N) is 1. The Morgan fingerprint density at radius 1 is 1.00 bits per heavy atom. The van der Waals surface area contributed by atoms with Gasteiger partial charge in [-0.05, 0) is 65.8 Å². The fourth-order valence-corrected chi connectivity index (χ4v) is 3.08. The predicted molar refractivity (Wildman–Crippen MR) is 118 cm³/mol. The molecule has 1 heterocycles. The molecule has 1 aromatic rings. The van der Waals surface area contributed by atoms with E-state index in [9.17, 15) is 19.2 Å². The molecule has 1 aliphatic rings. The normalized spacial score (nSPS) is 16.6. The summed E-state index contributed by atoms with van der Waals surface area (Å²) in [6.07, 6.45) is -0.474. The van der Waals surface area contributed by atoms with Gasteiger partial charge in [-0.15, -0.1) is 0 Å². The summed E-state index contributed by atoms with van der Waals surface area (Å²) in [4.78, 5) is 50.0. The third-order valence-electron chi connectivity index (χ3n) is 4.53. The van der Waals surface area contributed by atoms with E-state index in [0.717, 1.165) is 0 Å². The predicted octanol–water partition coefficient (Wildman–Crippen LogP) is 2.74. The molecule has 0 saturated carbocycles. The van der Waals surface area contributed by atoms with E-state index in [4.69, 9.17) is 4.74 Å². The topological polar surface area (TPSA) is 117 Å². The Bertz CT molecular complexity index is 837. The van der Waals surface area contributed by atoms with Gasteiger partial charge in [-0.3, -0.25) is 14.4 Å². The van der Waals surface area contributed by atoms with Gasteiger partial charge in [0.25, 0.3) is 0 Å². The first-order valence-corrected chi connectivity index (χ1v) is 10.2. The van der Waals surface area contributed by atoms with Crippen LogP contribution in [-0.4, -0.2) is 52.9 Å². The third kappa shape index (κ3) is 7.58. The van der Waals surface area contributed by atoms with Gasteiger partial charge in [-0.25, -0.2) is 4.79 Å². The number of carbonyl (C=O) groups is 4. The molecule has 0 aromatic heterocycles. The van der Waals surface area contributed by atoms with Crippen LogP contribution in [0, 0.1) is 5.92 Å². The van der Waals surface area contributed by atoms with E-state index < -0.39 is 23.5 Å². The Kier molecular flexibility index (Phi) is 7.30. The highest BCUT2D eigenvalue weighted by molar-refractivity contribution is 5.98. The molecule has 1 aromatic carbocycles. The van der Waals surface area contributed by atoms with Gasteiger partial charge < -0.3 is 25.6 Å². The Labute approximate surface area is 182 Å². The van der Waals surface area contributed by atoms with Crippen molar-refractivity contribution in [2.24, 2.45) is 5.92 Å². The Hall–Kier alpha value is -3.10. The summed E-state index contributed by atoms with van der Waals surface area (Å²) in [5, 5.41) is 7.85. The number of anilines is 2. The number of nitrogens with one attached hydrogen (secondary N) is 3. The standard InChI is InChI=1S/C22H32N4O5/c1-21(2,3)26-13-14(11-18(26)28)19(29)25-16-9-7-15(8-10-16)24-17(27)12-23-20(30)31-22(4,5)6/h7-10,14H,11-13H2,1-6H3,(H,23,30)(H,24,27)(H,25,29). The van der Waals surface area contributed by atoms with Crippen molar-refractivity contribution in [1.82, 2.24) is 10.2 Å². The minimum Gasteiger partial charge on any atom is -0.444 e. The number of amides is 4. The van der Waals surface area contributed by atoms with E-state index >= 15 is 0 Å². The summed E-state index contributed by atoms with van der Waals surface area (Å²) in [7, 11) is 0. The summed E-state index contributed by atoms with van der Waals surface area (Å²) in [5.41, 5.74) is 0.127. The molecule has 0 bridgehead atoms. The number of ether oxygens (including phenoxy) is 1. The van der Waals surface area contributed by atoms with Crippen LogP contribution >= 0.6 is 0 Å². The minimum atomic E-state index is -0.670. The zero-order valence-corrected chi connectivity index (χ0v) is 19.0. The van der Waals surface area contributed by atoms with Crippen LogP contribution in [0.25, 0.3) is 0 Å². The van der Waals surface area contributed by atoms with Crippen LogP contribution < -0.4 is 16.0 Å². The maximum Gasteiger partial charge on any atom is 0.408 e. The zero-order chi connectivity index (χ0) is 23.4. The second-order valence-corrected chi connectivity index (χ2v) is 9.55. The average Bonchev–Trinajstić information content (AvgIpc) is 3.02. The number of likely N-dealkylation sites (tertiary alicyclic amines) is 1. The fourth-order valence-electron chi connectivity index (χ4n) is 3.08. The van der Waals surface area contributed by atoms with Gasteiger partial charge in [0.2, 0.25) is 17.7 Å². The first-order valence-electron chi connectivity index (χ1n) is 10.2. The number of hydrogen-bond donors (Lipinski definition) is 3. The van der Waals surface area contributed by atoms with E-state index in [1.807, 2.05) is 20.8 Å². The summed E-state index contributed by atoms with van der Waals surface area (Å²) in [6.45, 7) is 11.2. The lowest BCUT2D eigenvalue weighted by Crippen LogP contribution is -2.42. The molecular formula is C22H32N4O5. The first kappa shape index (κ1) is 24.2. The number of benzene rings is 1. The SMILES string of the molecule is CC(C)(C)OC(=O)NCC(=O)Nc1ccc(NC(=O)C2CC(=O)N(C(C)(C)C)C2)cc1. The molecule has 170 valence electrons. The molecule has 1 fully saturated rings. The molecule has 0 radical (unpaired) electrons. The lowest BCUT2D eigenvalue weighted by molar-refractivity contribution is -0.131. The number of hydrogen-bond acceptors (Lipinski definition) is 5.